The molecule has 0 spiro atoms. The van der Waals surface area contributed by atoms with Crippen LogP contribution in [0.4, 0.5) is 13.2 Å². The minimum absolute atomic E-state index is 0.301. The Balaban J connectivity index is 2.21. The fourth-order valence-corrected chi connectivity index (χ4v) is 2.33. The van der Waals surface area contributed by atoms with Gasteiger partial charge in [-0.1, -0.05) is 49.7 Å². The molecule has 118 valence electrons. The number of aliphatic hydroxyl groups excluding tert-OH is 1. The number of halogens is 3. The van der Waals surface area contributed by atoms with E-state index in [2.05, 4.69) is 4.74 Å². The highest BCUT2D eigenvalue weighted by atomic mass is 19.4. The minimum atomic E-state index is -4.71. The van der Waals surface area contributed by atoms with Crippen molar-refractivity contribution in [3.8, 4) is 5.75 Å². The van der Waals surface area contributed by atoms with Gasteiger partial charge in [-0.3, -0.25) is 0 Å². The van der Waals surface area contributed by atoms with E-state index in [-0.39, 0.29) is 5.75 Å². The maximum Gasteiger partial charge on any atom is 0.573 e. The monoisotopic (exact) mass is 310 g/mol. The van der Waals surface area contributed by atoms with Gasteiger partial charge in [-0.05, 0) is 35.2 Å². The Labute approximate surface area is 127 Å². The summed E-state index contributed by atoms with van der Waals surface area (Å²) in [4.78, 5) is 0. The number of hydrogen-bond donors (Lipinski definition) is 1. The number of alkyl halides is 3. The molecule has 2 nitrogen and oxygen atoms in total. The molecule has 0 saturated heterocycles. The largest absolute Gasteiger partial charge is 0.573 e. The van der Waals surface area contributed by atoms with Crippen LogP contribution in [-0.2, 0) is 6.42 Å². The lowest BCUT2D eigenvalue weighted by Gasteiger charge is -2.16. The van der Waals surface area contributed by atoms with Gasteiger partial charge in [0.05, 0.1) is 0 Å². The predicted molar refractivity (Wildman–Crippen MR) is 77.6 cm³/mol. The molecule has 0 heterocycles. The van der Waals surface area contributed by atoms with E-state index >= 15 is 0 Å². The molecule has 0 bridgehead atoms. The van der Waals surface area contributed by atoms with Crippen LogP contribution >= 0.6 is 0 Å². The first-order valence-corrected chi connectivity index (χ1v) is 7.02. The van der Waals surface area contributed by atoms with Crippen LogP contribution in [0.5, 0.6) is 5.75 Å². The molecule has 1 N–H and O–H groups in total. The summed E-state index contributed by atoms with van der Waals surface area (Å²) < 4.78 is 40.2. The molecule has 1 unspecified atom stereocenters. The van der Waals surface area contributed by atoms with Gasteiger partial charge in [-0.15, -0.1) is 13.2 Å². The zero-order valence-corrected chi connectivity index (χ0v) is 12.1. The van der Waals surface area contributed by atoms with Gasteiger partial charge < -0.3 is 9.84 Å². The molecule has 2 aromatic rings. The SMILES string of the molecule is CCCc1ccccc1C(O)c1ccc(OC(F)(F)F)cc1. The highest BCUT2D eigenvalue weighted by molar-refractivity contribution is 5.38. The lowest BCUT2D eigenvalue weighted by Crippen LogP contribution is -2.17. The van der Waals surface area contributed by atoms with Crippen molar-refractivity contribution in [3.63, 3.8) is 0 Å². The number of hydrogen-bond acceptors (Lipinski definition) is 2. The molecule has 2 rings (SSSR count). The first kappa shape index (κ1) is 16.4. The Bertz CT molecular complexity index is 606. The van der Waals surface area contributed by atoms with Gasteiger partial charge in [0.25, 0.3) is 0 Å². The minimum Gasteiger partial charge on any atom is -0.406 e. The molecule has 0 saturated carbocycles. The smallest absolute Gasteiger partial charge is 0.406 e. The zero-order valence-electron chi connectivity index (χ0n) is 12.1. The van der Waals surface area contributed by atoms with E-state index in [1.54, 1.807) is 0 Å². The number of ether oxygens (including phenoxy) is 1. The van der Waals surface area contributed by atoms with E-state index in [9.17, 15) is 18.3 Å². The van der Waals surface area contributed by atoms with Crippen molar-refractivity contribution in [1.82, 2.24) is 0 Å². The summed E-state index contributed by atoms with van der Waals surface area (Å²) >= 11 is 0. The van der Waals surface area contributed by atoms with Gasteiger partial charge in [0, 0.05) is 0 Å². The van der Waals surface area contributed by atoms with E-state index in [1.165, 1.54) is 24.3 Å². The first-order chi connectivity index (χ1) is 10.4. The number of benzene rings is 2. The molecule has 0 aliphatic heterocycles. The molecule has 5 heteroatoms. The molecule has 22 heavy (non-hydrogen) atoms. The molecule has 0 radical (unpaired) electrons. The van der Waals surface area contributed by atoms with Gasteiger partial charge in [-0.2, -0.15) is 0 Å². The highest BCUT2D eigenvalue weighted by Gasteiger charge is 2.31. The second-order valence-electron chi connectivity index (χ2n) is 4.97. The molecule has 0 aliphatic carbocycles. The Hall–Kier alpha value is -2.01. The predicted octanol–water partition coefficient (Wildman–Crippen LogP) is 4.62. The van der Waals surface area contributed by atoms with Crippen molar-refractivity contribution < 1.29 is 23.0 Å². The van der Waals surface area contributed by atoms with Crippen molar-refractivity contribution in [1.29, 1.82) is 0 Å². The average molecular weight is 310 g/mol. The van der Waals surface area contributed by atoms with Crippen LogP contribution in [0.25, 0.3) is 0 Å². The summed E-state index contributed by atoms with van der Waals surface area (Å²) in [6.07, 6.45) is -3.80. The lowest BCUT2D eigenvalue weighted by atomic mass is 9.94. The average Bonchev–Trinajstić information content (AvgIpc) is 2.47. The molecule has 0 aliphatic rings. The first-order valence-electron chi connectivity index (χ1n) is 7.02. The molecule has 0 aromatic heterocycles. The van der Waals surface area contributed by atoms with Crippen molar-refractivity contribution >= 4 is 0 Å². The molecule has 1 atom stereocenters. The van der Waals surface area contributed by atoms with Crippen LogP contribution in [-0.4, -0.2) is 11.5 Å². The summed E-state index contributed by atoms with van der Waals surface area (Å²) in [7, 11) is 0. The Kier molecular flexibility index (Phi) is 5.08. The summed E-state index contributed by atoms with van der Waals surface area (Å²) in [5, 5.41) is 10.5. The van der Waals surface area contributed by atoms with Gasteiger partial charge in [0.2, 0.25) is 0 Å². The summed E-state index contributed by atoms with van der Waals surface area (Å²) in [6, 6.07) is 12.8. The highest BCUT2D eigenvalue weighted by Crippen LogP contribution is 2.29. The summed E-state index contributed by atoms with van der Waals surface area (Å²) in [6.45, 7) is 2.05. The number of rotatable bonds is 5. The maximum atomic E-state index is 12.1. The van der Waals surface area contributed by atoms with Gasteiger partial charge >= 0.3 is 6.36 Å². The Morgan fingerprint density at radius 1 is 1.05 bits per heavy atom. The van der Waals surface area contributed by atoms with E-state index in [4.69, 9.17) is 0 Å². The number of aliphatic hydroxyl groups is 1. The topological polar surface area (TPSA) is 29.5 Å². The third-order valence-electron chi connectivity index (χ3n) is 3.30. The van der Waals surface area contributed by atoms with Crippen molar-refractivity contribution in [2.24, 2.45) is 0 Å². The lowest BCUT2D eigenvalue weighted by molar-refractivity contribution is -0.274. The molecular formula is C17H17F3O2. The van der Waals surface area contributed by atoms with E-state index in [0.717, 1.165) is 24.0 Å². The standard InChI is InChI=1S/C17H17F3O2/c1-2-5-12-6-3-4-7-15(12)16(21)13-8-10-14(11-9-13)22-17(18,19)20/h3-4,6-11,16,21H,2,5H2,1H3. The zero-order chi connectivity index (χ0) is 16.2. The fourth-order valence-electron chi connectivity index (χ4n) is 2.33. The molecule has 0 amide bonds. The maximum absolute atomic E-state index is 12.1. The van der Waals surface area contributed by atoms with Crippen molar-refractivity contribution in [2.75, 3.05) is 0 Å². The van der Waals surface area contributed by atoms with Crippen molar-refractivity contribution in [2.45, 2.75) is 32.2 Å². The van der Waals surface area contributed by atoms with E-state index in [1.807, 2.05) is 31.2 Å². The van der Waals surface area contributed by atoms with Crippen LogP contribution in [0.3, 0.4) is 0 Å². The molecule has 0 fully saturated rings. The third-order valence-corrected chi connectivity index (χ3v) is 3.30. The normalized spacial score (nSPS) is 13.0. The van der Waals surface area contributed by atoms with Crippen LogP contribution in [0.2, 0.25) is 0 Å². The molecule has 2 aromatic carbocycles. The quantitative estimate of drug-likeness (QED) is 0.873. The van der Waals surface area contributed by atoms with Crippen molar-refractivity contribution in [3.05, 3.63) is 65.2 Å². The Morgan fingerprint density at radius 2 is 1.68 bits per heavy atom. The molecular weight excluding hydrogens is 293 g/mol. The second-order valence-corrected chi connectivity index (χ2v) is 4.97. The van der Waals surface area contributed by atoms with Gasteiger partial charge in [0.1, 0.15) is 11.9 Å². The van der Waals surface area contributed by atoms with Crippen LogP contribution in [0, 0.1) is 0 Å². The fraction of sp³-hybridized carbons (Fsp3) is 0.294. The Morgan fingerprint density at radius 3 is 2.27 bits per heavy atom. The van der Waals surface area contributed by atoms with Crippen LogP contribution in [0.1, 0.15) is 36.1 Å². The van der Waals surface area contributed by atoms with E-state index < -0.39 is 12.5 Å². The summed E-state index contributed by atoms with van der Waals surface area (Å²) in [5.74, 6) is -0.301. The van der Waals surface area contributed by atoms with Gasteiger partial charge in [-0.25, -0.2) is 0 Å². The number of aryl methyl sites for hydroxylation is 1. The summed E-state index contributed by atoms with van der Waals surface area (Å²) in [5.41, 5.74) is 2.33. The van der Waals surface area contributed by atoms with Crippen LogP contribution in [0.15, 0.2) is 48.5 Å². The second kappa shape index (κ2) is 6.83. The third kappa shape index (κ3) is 4.24. The van der Waals surface area contributed by atoms with Gasteiger partial charge in [0.15, 0.2) is 0 Å². The van der Waals surface area contributed by atoms with Crippen LogP contribution < -0.4 is 4.74 Å². The van der Waals surface area contributed by atoms with E-state index in [0.29, 0.717) is 5.56 Å².